The first-order chi connectivity index (χ1) is 19.4. The molecule has 0 radical (unpaired) electrons. The van der Waals surface area contributed by atoms with E-state index in [2.05, 4.69) is 38.1 Å². The number of hydrogen-bond acceptors (Lipinski definition) is 5. The molecule has 0 fully saturated rings. The molecule has 8 heteroatoms. The van der Waals surface area contributed by atoms with Gasteiger partial charge in [-0.2, -0.15) is 5.10 Å². The minimum atomic E-state index is -0.190. The van der Waals surface area contributed by atoms with Crippen molar-refractivity contribution < 1.29 is 4.42 Å². The molecular weight excluding hydrogens is 518 g/mol. The Labute approximate surface area is 235 Å². The molecule has 7 nitrogen and oxygen atoms in total. The number of hydrogen-bond donors (Lipinski definition) is 0. The van der Waals surface area contributed by atoms with Gasteiger partial charge in [0, 0.05) is 17.8 Å². The summed E-state index contributed by atoms with van der Waals surface area (Å²) in [5.41, 5.74) is 5.51. The van der Waals surface area contributed by atoms with Crippen LogP contribution in [0.25, 0.3) is 28.1 Å². The lowest BCUT2D eigenvalue weighted by atomic mass is 10.0. The van der Waals surface area contributed by atoms with E-state index in [9.17, 15) is 4.79 Å². The standard InChI is InChI=1S/C32H29N5O2S/c1-21(2)24-16-14-23(15-17-24)19-33-36-27(29-18-25-10-8-9-13-28(25)39-29)20-40-32(36)34-30-22(3)35(4)37(31(30)38)26-11-6-5-7-12-26/h5-21H,1-4H3. The summed E-state index contributed by atoms with van der Waals surface area (Å²) in [7, 11) is 1.87. The van der Waals surface area contributed by atoms with Gasteiger partial charge in [0.05, 0.1) is 17.6 Å². The summed E-state index contributed by atoms with van der Waals surface area (Å²) < 4.78 is 11.4. The molecule has 0 atom stereocenters. The predicted octanol–water partition coefficient (Wildman–Crippen LogP) is 7.00. The Hall–Kier alpha value is -4.69. The average molecular weight is 548 g/mol. The van der Waals surface area contributed by atoms with Crippen LogP contribution < -0.4 is 10.4 Å². The predicted molar refractivity (Wildman–Crippen MR) is 162 cm³/mol. The van der Waals surface area contributed by atoms with Crippen molar-refractivity contribution in [2.75, 3.05) is 0 Å². The third-order valence-electron chi connectivity index (χ3n) is 7.02. The molecule has 40 heavy (non-hydrogen) atoms. The van der Waals surface area contributed by atoms with Crippen LogP contribution in [0.1, 0.15) is 36.6 Å². The lowest BCUT2D eigenvalue weighted by Gasteiger charge is -2.07. The lowest BCUT2D eigenvalue weighted by molar-refractivity contribution is 0.622. The zero-order chi connectivity index (χ0) is 27.8. The first-order valence-electron chi connectivity index (χ1n) is 13.1. The van der Waals surface area contributed by atoms with E-state index < -0.39 is 0 Å². The molecule has 0 amide bonds. The summed E-state index contributed by atoms with van der Waals surface area (Å²) in [6.45, 7) is 6.25. The first-order valence-corrected chi connectivity index (χ1v) is 14.0. The third-order valence-corrected chi connectivity index (χ3v) is 7.84. The fourth-order valence-corrected chi connectivity index (χ4v) is 5.46. The summed E-state index contributed by atoms with van der Waals surface area (Å²) in [5, 5.41) is 7.80. The van der Waals surface area contributed by atoms with Gasteiger partial charge in [0.15, 0.2) is 11.4 Å². The van der Waals surface area contributed by atoms with Gasteiger partial charge in [0.1, 0.15) is 11.3 Å². The van der Waals surface area contributed by atoms with Crippen LogP contribution in [0.4, 0.5) is 5.69 Å². The molecule has 6 aromatic rings. The van der Waals surface area contributed by atoms with E-state index in [0.717, 1.165) is 33.6 Å². The Morgan fingerprint density at radius 1 is 0.950 bits per heavy atom. The fourth-order valence-electron chi connectivity index (χ4n) is 4.64. The molecule has 0 bridgehead atoms. The van der Waals surface area contributed by atoms with Crippen molar-refractivity contribution in [3.05, 3.63) is 122 Å². The molecule has 3 heterocycles. The van der Waals surface area contributed by atoms with Gasteiger partial charge in [-0.05, 0) is 48.2 Å². The van der Waals surface area contributed by atoms with Gasteiger partial charge >= 0.3 is 0 Å². The molecule has 0 aliphatic carbocycles. The number of fused-ring (bicyclic) bond motifs is 1. The molecule has 0 saturated carbocycles. The Morgan fingerprint density at radius 2 is 1.68 bits per heavy atom. The summed E-state index contributed by atoms with van der Waals surface area (Å²) in [6, 6.07) is 27.8. The quantitative estimate of drug-likeness (QED) is 0.211. The van der Waals surface area contributed by atoms with Crippen molar-refractivity contribution in [3.63, 3.8) is 0 Å². The maximum atomic E-state index is 13.6. The van der Waals surface area contributed by atoms with Crippen molar-refractivity contribution in [2.24, 2.45) is 17.1 Å². The van der Waals surface area contributed by atoms with Crippen molar-refractivity contribution in [1.82, 2.24) is 14.0 Å². The van der Waals surface area contributed by atoms with E-state index in [0.29, 0.717) is 22.2 Å². The fraction of sp³-hybridized carbons (Fsp3) is 0.156. The number of nitrogens with zero attached hydrogens (tertiary/aromatic N) is 5. The molecule has 0 N–H and O–H groups in total. The largest absolute Gasteiger partial charge is 0.454 e. The van der Waals surface area contributed by atoms with Crippen LogP contribution in [0.15, 0.2) is 110 Å². The monoisotopic (exact) mass is 547 g/mol. The minimum absolute atomic E-state index is 0.190. The molecule has 3 aromatic heterocycles. The molecule has 0 spiro atoms. The molecule has 0 aliphatic heterocycles. The highest BCUT2D eigenvalue weighted by atomic mass is 32.1. The Bertz CT molecular complexity index is 1930. The SMILES string of the molecule is Cc1c(N=c2scc(-c3cc4ccccc4o3)n2N=Cc2ccc(C(C)C)cc2)c(=O)n(-c2ccccc2)n1C. The summed E-state index contributed by atoms with van der Waals surface area (Å²) in [6.07, 6.45) is 1.81. The summed E-state index contributed by atoms with van der Waals surface area (Å²) in [5.74, 6) is 1.13. The smallest absolute Gasteiger partial charge is 0.297 e. The van der Waals surface area contributed by atoms with Gasteiger partial charge in [0.25, 0.3) is 5.56 Å². The summed E-state index contributed by atoms with van der Waals surface area (Å²) in [4.78, 5) is 19.0. The van der Waals surface area contributed by atoms with E-state index in [-0.39, 0.29) is 5.56 Å². The highest BCUT2D eigenvalue weighted by Gasteiger charge is 2.18. The van der Waals surface area contributed by atoms with E-state index in [1.165, 1.54) is 16.9 Å². The molecular formula is C32H29N5O2S. The molecule has 0 unspecified atom stereocenters. The highest BCUT2D eigenvalue weighted by Crippen LogP contribution is 2.28. The molecule has 6 rings (SSSR count). The van der Waals surface area contributed by atoms with Gasteiger partial charge in [-0.15, -0.1) is 11.3 Å². The number of thiazole rings is 1. The topological polar surface area (TPSA) is 69.7 Å². The number of rotatable bonds is 6. The van der Waals surface area contributed by atoms with E-state index in [1.807, 2.05) is 90.9 Å². The normalized spacial score (nSPS) is 12.4. The van der Waals surface area contributed by atoms with E-state index in [1.54, 1.807) is 9.36 Å². The maximum absolute atomic E-state index is 13.6. The van der Waals surface area contributed by atoms with Gasteiger partial charge < -0.3 is 4.42 Å². The van der Waals surface area contributed by atoms with Crippen LogP contribution in [0.2, 0.25) is 0 Å². The number of para-hydroxylation sites is 2. The second-order valence-electron chi connectivity index (χ2n) is 9.95. The Morgan fingerprint density at radius 3 is 2.40 bits per heavy atom. The van der Waals surface area contributed by atoms with Crippen molar-refractivity contribution in [3.8, 4) is 17.1 Å². The highest BCUT2D eigenvalue weighted by molar-refractivity contribution is 7.07. The van der Waals surface area contributed by atoms with Crippen LogP contribution in [0, 0.1) is 6.92 Å². The number of aromatic nitrogens is 3. The molecule has 0 aliphatic rings. The van der Waals surface area contributed by atoms with Gasteiger partial charge in [-0.1, -0.05) is 74.5 Å². The van der Waals surface area contributed by atoms with Crippen LogP contribution in [0.3, 0.4) is 0 Å². The zero-order valence-electron chi connectivity index (χ0n) is 22.8. The van der Waals surface area contributed by atoms with E-state index in [4.69, 9.17) is 14.5 Å². The molecule has 200 valence electrons. The maximum Gasteiger partial charge on any atom is 0.297 e. The molecule has 3 aromatic carbocycles. The second-order valence-corrected chi connectivity index (χ2v) is 10.8. The second kappa shape index (κ2) is 10.5. The molecule has 0 saturated heterocycles. The van der Waals surface area contributed by atoms with Crippen molar-refractivity contribution in [1.29, 1.82) is 0 Å². The van der Waals surface area contributed by atoms with Crippen LogP contribution in [0.5, 0.6) is 0 Å². The van der Waals surface area contributed by atoms with Crippen LogP contribution in [-0.4, -0.2) is 20.3 Å². The Kier molecular flexibility index (Phi) is 6.69. The minimum Gasteiger partial charge on any atom is -0.454 e. The zero-order valence-corrected chi connectivity index (χ0v) is 23.6. The average Bonchev–Trinajstić information content (AvgIpc) is 3.63. The van der Waals surface area contributed by atoms with Gasteiger partial charge in [-0.3, -0.25) is 9.48 Å². The Balaban J connectivity index is 1.51. The summed E-state index contributed by atoms with van der Waals surface area (Å²) >= 11 is 1.41. The van der Waals surface area contributed by atoms with Gasteiger partial charge in [-0.25, -0.2) is 14.4 Å². The van der Waals surface area contributed by atoms with Crippen LogP contribution in [-0.2, 0) is 7.05 Å². The number of benzene rings is 3. The van der Waals surface area contributed by atoms with Crippen LogP contribution >= 0.6 is 11.3 Å². The third kappa shape index (κ3) is 4.67. The van der Waals surface area contributed by atoms with Crippen molar-refractivity contribution >= 4 is 34.2 Å². The van der Waals surface area contributed by atoms with Crippen molar-refractivity contribution in [2.45, 2.75) is 26.7 Å². The number of furan rings is 1. The van der Waals surface area contributed by atoms with E-state index >= 15 is 0 Å². The lowest BCUT2D eigenvalue weighted by Crippen LogP contribution is -2.19. The first kappa shape index (κ1) is 25.6. The van der Waals surface area contributed by atoms with Gasteiger partial charge in [0.2, 0.25) is 4.80 Å².